The number of carbonyl (C=O) groups is 2. The Kier molecular flexibility index (Phi) is 5.51. The Morgan fingerprint density at radius 2 is 1.74 bits per heavy atom. The Hall–Kier alpha value is -2.02. The van der Waals surface area contributed by atoms with Crippen LogP contribution in [0.3, 0.4) is 0 Å². The second-order valence-corrected chi connectivity index (χ2v) is 8.67. The number of amides is 2. The summed E-state index contributed by atoms with van der Waals surface area (Å²) in [5.41, 5.74) is 1.24. The number of aromatic nitrogens is 1. The molecule has 6 nitrogen and oxygen atoms in total. The molecule has 1 aliphatic rings. The van der Waals surface area contributed by atoms with Crippen LogP contribution in [0.1, 0.15) is 38.1 Å². The van der Waals surface area contributed by atoms with Crippen molar-refractivity contribution in [1.29, 1.82) is 0 Å². The van der Waals surface area contributed by atoms with E-state index in [0.29, 0.717) is 31.7 Å². The van der Waals surface area contributed by atoms with Crippen LogP contribution in [-0.2, 0) is 11.3 Å². The first-order chi connectivity index (χ1) is 12.7. The number of hydrogen-bond acceptors (Lipinski definition) is 3. The summed E-state index contributed by atoms with van der Waals surface area (Å²) in [6, 6.07) is 5.98. The maximum atomic E-state index is 13.1. The van der Waals surface area contributed by atoms with Crippen molar-refractivity contribution in [3.63, 3.8) is 0 Å². The molecule has 146 valence electrons. The number of nitrogens with zero attached hydrogens (tertiary/aromatic N) is 3. The third-order valence-corrected chi connectivity index (χ3v) is 5.13. The highest BCUT2D eigenvalue weighted by atomic mass is 79.9. The highest BCUT2D eigenvalue weighted by molar-refractivity contribution is 9.10. The van der Waals surface area contributed by atoms with E-state index in [1.165, 1.54) is 0 Å². The van der Waals surface area contributed by atoms with E-state index in [9.17, 15) is 9.59 Å². The summed E-state index contributed by atoms with van der Waals surface area (Å²) < 4.78 is 8.50. The molecular formula is C20H26BrN3O3. The fourth-order valence-corrected chi connectivity index (χ4v) is 3.64. The normalized spacial score (nSPS) is 15.3. The molecule has 1 aromatic carbocycles. The summed E-state index contributed by atoms with van der Waals surface area (Å²) in [5, 5.41) is 0.958. The van der Waals surface area contributed by atoms with E-state index in [1.807, 2.05) is 50.1 Å². The van der Waals surface area contributed by atoms with Crippen molar-refractivity contribution in [2.24, 2.45) is 0 Å². The topological polar surface area (TPSA) is 54.8 Å². The summed E-state index contributed by atoms with van der Waals surface area (Å²) in [4.78, 5) is 28.8. The minimum atomic E-state index is -0.514. The van der Waals surface area contributed by atoms with Gasteiger partial charge in [0.2, 0.25) is 0 Å². The van der Waals surface area contributed by atoms with E-state index in [2.05, 4.69) is 27.4 Å². The number of rotatable bonds is 2. The summed E-state index contributed by atoms with van der Waals surface area (Å²) in [6.07, 6.45) is 1.61. The molecule has 1 saturated heterocycles. The number of piperazine rings is 1. The molecule has 0 unspecified atom stereocenters. The van der Waals surface area contributed by atoms with Crippen LogP contribution in [0.15, 0.2) is 28.9 Å². The lowest BCUT2D eigenvalue weighted by Crippen LogP contribution is -2.51. The van der Waals surface area contributed by atoms with Gasteiger partial charge in [-0.1, -0.05) is 22.0 Å². The largest absolute Gasteiger partial charge is 0.444 e. The Bertz CT molecular complexity index is 861. The van der Waals surface area contributed by atoms with Crippen molar-refractivity contribution in [2.75, 3.05) is 26.2 Å². The van der Waals surface area contributed by atoms with Gasteiger partial charge in [-0.3, -0.25) is 4.79 Å². The quantitative estimate of drug-likeness (QED) is 0.712. The molecular weight excluding hydrogens is 410 g/mol. The SMILES string of the molecule is CCn1cc(C(=O)N2CCN(C(=O)OC(C)(C)C)CC2)c2ccc(Br)cc21. The van der Waals surface area contributed by atoms with Gasteiger partial charge >= 0.3 is 6.09 Å². The van der Waals surface area contributed by atoms with Crippen LogP contribution in [0.25, 0.3) is 10.9 Å². The standard InChI is InChI=1S/C20H26BrN3O3/c1-5-22-13-16(15-7-6-14(21)12-17(15)22)18(25)23-8-10-24(11-9-23)19(26)27-20(2,3)4/h6-7,12-13H,5,8-11H2,1-4H3. The zero-order valence-corrected chi connectivity index (χ0v) is 17.9. The number of fused-ring (bicyclic) bond motifs is 1. The van der Waals surface area contributed by atoms with Crippen molar-refractivity contribution >= 4 is 38.8 Å². The summed E-state index contributed by atoms with van der Waals surface area (Å²) in [5.74, 6) is 0.0124. The number of benzene rings is 1. The molecule has 2 amide bonds. The van der Waals surface area contributed by atoms with Crippen LogP contribution in [0.4, 0.5) is 4.79 Å². The molecule has 1 aliphatic heterocycles. The van der Waals surface area contributed by atoms with Crippen molar-refractivity contribution in [3.05, 3.63) is 34.4 Å². The molecule has 7 heteroatoms. The molecule has 0 radical (unpaired) electrons. The first kappa shape index (κ1) is 19.7. The van der Waals surface area contributed by atoms with Gasteiger partial charge in [0.15, 0.2) is 0 Å². The molecule has 0 spiro atoms. The second kappa shape index (κ2) is 7.54. The molecule has 2 aromatic rings. The third kappa shape index (κ3) is 4.29. The zero-order chi connectivity index (χ0) is 19.8. The number of aryl methyl sites for hydroxylation is 1. The minimum absolute atomic E-state index is 0.0124. The van der Waals surface area contributed by atoms with Crippen molar-refractivity contribution in [3.8, 4) is 0 Å². The van der Waals surface area contributed by atoms with Gasteiger partial charge in [0.1, 0.15) is 5.60 Å². The predicted molar refractivity (Wildman–Crippen MR) is 109 cm³/mol. The van der Waals surface area contributed by atoms with Gasteiger partial charge in [0, 0.05) is 54.3 Å². The summed E-state index contributed by atoms with van der Waals surface area (Å²) in [7, 11) is 0. The first-order valence-electron chi connectivity index (χ1n) is 9.25. The molecule has 0 aliphatic carbocycles. The van der Waals surface area contributed by atoms with Crippen LogP contribution in [0.2, 0.25) is 0 Å². The van der Waals surface area contributed by atoms with Gasteiger partial charge < -0.3 is 19.1 Å². The van der Waals surface area contributed by atoms with E-state index in [-0.39, 0.29) is 12.0 Å². The Balaban J connectivity index is 1.73. The highest BCUT2D eigenvalue weighted by Gasteiger charge is 2.29. The predicted octanol–water partition coefficient (Wildman–Crippen LogP) is 4.12. The Labute approximate surface area is 168 Å². The second-order valence-electron chi connectivity index (χ2n) is 7.75. The van der Waals surface area contributed by atoms with Crippen molar-refractivity contribution in [1.82, 2.24) is 14.4 Å². The van der Waals surface area contributed by atoms with Crippen LogP contribution in [0, 0.1) is 0 Å². The maximum Gasteiger partial charge on any atom is 0.410 e. The van der Waals surface area contributed by atoms with E-state index in [1.54, 1.807) is 4.90 Å². The number of ether oxygens (including phenoxy) is 1. The fraction of sp³-hybridized carbons (Fsp3) is 0.500. The number of hydrogen-bond donors (Lipinski definition) is 0. The monoisotopic (exact) mass is 435 g/mol. The Morgan fingerprint density at radius 3 is 2.33 bits per heavy atom. The van der Waals surface area contributed by atoms with Gasteiger partial charge in [-0.15, -0.1) is 0 Å². The smallest absolute Gasteiger partial charge is 0.410 e. The Morgan fingerprint density at radius 1 is 1.11 bits per heavy atom. The van der Waals surface area contributed by atoms with E-state index < -0.39 is 5.60 Å². The van der Waals surface area contributed by atoms with Crippen LogP contribution >= 0.6 is 15.9 Å². The molecule has 0 atom stereocenters. The molecule has 1 fully saturated rings. The lowest BCUT2D eigenvalue weighted by Gasteiger charge is -2.35. The van der Waals surface area contributed by atoms with E-state index >= 15 is 0 Å². The first-order valence-corrected chi connectivity index (χ1v) is 10.0. The molecule has 0 bridgehead atoms. The minimum Gasteiger partial charge on any atom is -0.444 e. The molecule has 1 aromatic heterocycles. The fourth-order valence-electron chi connectivity index (χ4n) is 3.29. The van der Waals surface area contributed by atoms with Crippen molar-refractivity contribution < 1.29 is 14.3 Å². The van der Waals surface area contributed by atoms with Gasteiger partial charge in [0.25, 0.3) is 5.91 Å². The zero-order valence-electron chi connectivity index (χ0n) is 16.3. The molecule has 0 saturated carbocycles. The average molecular weight is 436 g/mol. The molecule has 0 N–H and O–H groups in total. The van der Waals surface area contributed by atoms with Gasteiger partial charge in [-0.2, -0.15) is 0 Å². The van der Waals surface area contributed by atoms with Crippen LogP contribution in [-0.4, -0.2) is 58.1 Å². The molecule has 2 heterocycles. The average Bonchev–Trinajstić information content (AvgIpc) is 2.97. The number of halogens is 1. The van der Waals surface area contributed by atoms with Gasteiger partial charge in [-0.05, 0) is 39.8 Å². The third-order valence-electron chi connectivity index (χ3n) is 4.63. The van der Waals surface area contributed by atoms with E-state index in [4.69, 9.17) is 4.74 Å². The van der Waals surface area contributed by atoms with E-state index in [0.717, 1.165) is 21.9 Å². The lowest BCUT2D eigenvalue weighted by atomic mass is 10.1. The van der Waals surface area contributed by atoms with Crippen LogP contribution < -0.4 is 0 Å². The molecule has 27 heavy (non-hydrogen) atoms. The highest BCUT2D eigenvalue weighted by Crippen LogP contribution is 2.26. The summed E-state index contributed by atoms with van der Waals surface area (Å²) >= 11 is 3.50. The van der Waals surface area contributed by atoms with Gasteiger partial charge in [0.05, 0.1) is 5.56 Å². The van der Waals surface area contributed by atoms with Crippen LogP contribution in [0.5, 0.6) is 0 Å². The number of carbonyl (C=O) groups excluding carboxylic acids is 2. The van der Waals surface area contributed by atoms with Gasteiger partial charge in [-0.25, -0.2) is 4.79 Å². The van der Waals surface area contributed by atoms with Crippen molar-refractivity contribution in [2.45, 2.75) is 39.8 Å². The lowest BCUT2D eigenvalue weighted by molar-refractivity contribution is 0.0141. The maximum absolute atomic E-state index is 13.1. The molecule has 3 rings (SSSR count). The summed E-state index contributed by atoms with van der Waals surface area (Å²) in [6.45, 7) is 10.4.